The van der Waals surface area contributed by atoms with Crippen LogP contribution in [0.5, 0.6) is 0 Å². The average Bonchev–Trinajstić information content (AvgIpc) is 2.65. The minimum absolute atomic E-state index is 0.00871. The quantitative estimate of drug-likeness (QED) is 0.703. The topological polar surface area (TPSA) is 61.4 Å². The summed E-state index contributed by atoms with van der Waals surface area (Å²) >= 11 is 0. The van der Waals surface area contributed by atoms with Gasteiger partial charge in [0.15, 0.2) is 0 Å². The van der Waals surface area contributed by atoms with Gasteiger partial charge in [-0.15, -0.1) is 6.58 Å². The van der Waals surface area contributed by atoms with Crippen molar-refractivity contribution in [2.75, 3.05) is 18.0 Å². The highest BCUT2D eigenvalue weighted by atomic mass is 16.2. The standard InChI is InChI=1S/C22H27N3O2/c1-4-13-24-22(27)25(16-19-8-6-7-17(3)14-19)20-11-9-18(10-12-20)15-21(26)23-5-2/h4,6-12,14H,1,5,13,15-16H2,2-3H3,(H,23,26)(H,24,27). The molecule has 2 aromatic rings. The van der Waals surface area contributed by atoms with Gasteiger partial charge in [-0.2, -0.15) is 0 Å². The summed E-state index contributed by atoms with van der Waals surface area (Å²) in [6.45, 7) is 9.04. The van der Waals surface area contributed by atoms with Gasteiger partial charge in [-0.3, -0.25) is 9.69 Å². The smallest absolute Gasteiger partial charge is 0.322 e. The van der Waals surface area contributed by atoms with Crippen molar-refractivity contribution in [1.82, 2.24) is 10.6 Å². The summed E-state index contributed by atoms with van der Waals surface area (Å²) in [6.07, 6.45) is 1.98. The molecule has 0 bridgehead atoms. The van der Waals surface area contributed by atoms with Gasteiger partial charge in [0.05, 0.1) is 13.0 Å². The summed E-state index contributed by atoms with van der Waals surface area (Å²) in [5.41, 5.74) is 3.89. The second-order valence-corrected chi connectivity index (χ2v) is 6.35. The van der Waals surface area contributed by atoms with Gasteiger partial charge in [-0.05, 0) is 37.1 Å². The van der Waals surface area contributed by atoms with Crippen LogP contribution in [0.15, 0.2) is 61.2 Å². The molecule has 27 heavy (non-hydrogen) atoms. The summed E-state index contributed by atoms with van der Waals surface area (Å²) in [4.78, 5) is 26.1. The minimum Gasteiger partial charge on any atom is -0.356 e. The van der Waals surface area contributed by atoms with Crippen LogP contribution in [0, 0.1) is 6.92 Å². The molecule has 5 nitrogen and oxygen atoms in total. The van der Waals surface area contributed by atoms with Crippen molar-refractivity contribution in [3.63, 3.8) is 0 Å². The van der Waals surface area contributed by atoms with Crippen molar-refractivity contribution in [3.05, 3.63) is 77.9 Å². The van der Waals surface area contributed by atoms with E-state index in [-0.39, 0.29) is 11.9 Å². The van der Waals surface area contributed by atoms with Crippen LogP contribution in [0.3, 0.4) is 0 Å². The van der Waals surface area contributed by atoms with Gasteiger partial charge < -0.3 is 10.6 Å². The van der Waals surface area contributed by atoms with Gasteiger partial charge in [0.25, 0.3) is 0 Å². The van der Waals surface area contributed by atoms with Crippen molar-refractivity contribution in [2.24, 2.45) is 0 Å². The van der Waals surface area contributed by atoms with Gasteiger partial charge in [0, 0.05) is 18.8 Å². The fourth-order valence-electron chi connectivity index (χ4n) is 2.77. The lowest BCUT2D eigenvalue weighted by Gasteiger charge is -2.23. The van der Waals surface area contributed by atoms with Crippen LogP contribution in [0.1, 0.15) is 23.6 Å². The van der Waals surface area contributed by atoms with Gasteiger partial charge in [0.1, 0.15) is 0 Å². The normalized spacial score (nSPS) is 10.1. The monoisotopic (exact) mass is 365 g/mol. The lowest BCUT2D eigenvalue weighted by molar-refractivity contribution is -0.120. The second-order valence-electron chi connectivity index (χ2n) is 6.35. The number of amides is 3. The zero-order chi connectivity index (χ0) is 19.6. The van der Waals surface area contributed by atoms with E-state index >= 15 is 0 Å². The van der Waals surface area contributed by atoms with Crippen LogP contribution < -0.4 is 15.5 Å². The number of rotatable bonds is 8. The third-order valence-corrected chi connectivity index (χ3v) is 4.05. The Kier molecular flexibility index (Phi) is 7.62. The largest absolute Gasteiger partial charge is 0.356 e. The molecule has 0 aliphatic carbocycles. The summed E-state index contributed by atoms with van der Waals surface area (Å²) < 4.78 is 0. The Morgan fingerprint density at radius 3 is 2.44 bits per heavy atom. The zero-order valence-electron chi connectivity index (χ0n) is 16.0. The maximum Gasteiger partial charge on any atom is 0.322 e. The van der Waals surface area contributed by atoms with E-state index in [1.807, 2.05) is 56.3 Å². The third kappa shape index (κ3) is 6.29. The number of carbonyl (C=O) groups is 2. The first kappa shape index (κ1) is 20.2. The average molecular weight is 365 g/mol. The molecule has 3 amide bonds. The highest BCUT2D eigenvalue weighted by Gasteiger charge is 2.16. The zero-order valence-corrected chi connectivity index (χ0v) is 16.0. The molecule has 0 saturated carbocycles. The maximum absolute atomic E-state index is 12.6. The number of nitrogens with zero attached hydrogens (tertiary/aromatic N) is 1. The number of aryl methyl sites for hydroxylation is 1. The molecule has 0 unspecified atom stereocenters. The van der Waals surface area contributed by atoms with E-state index in [0.29, 0.717) is 26.1 Å². The predicted octanol–water partition coefficient (Wildman–Crippen LogP) is 3.58. The van der Waals surface area contributed by atoms with Gasteiger partial charge >= 0.3 is 6.03 Å². The van der Waals surface area contributed by atoms with E-state index in [1.165, 1.54) is 0 Å². The fraction of sp³-hybridized carbons (Fsp3) is 0.273. The highest BCUT2D eigenvalue weighted by Crippen LogP contribution is 2.19. The Morgan fingerprint density at radius 1 is 1.07 bits per heavy atom. The van der Waals surface area contributed by atoms with Crippen molar-refractivity contribution in [1.29, 1.82) is 0 Å². The molecule has 0 saturated heterocycles. The van der Waals surface area contributed by atoms with Crippen LogP contribution in [-0.4, -0.2) is 25.0 Å². The Balaban J connectivity index is 2.20. The van der Waals surface area contributed by atoms with Crippen molar-refractivity contribution >= 4 is 17.6 Å². The summed E-state index contributed by atoms with van der Waals surface area (Å²) in [5.74, 6) is -0.00871. The predicted molar refractivity (Wildman–Crippen MR) is 110 cm³/mol. The molecule has 142 valence electrons. The Morgan fingerprint density at radius 2 is 1.81 bits per heavy atom. The van der Waals surface area contributed by atoms with Crippen LogP contribution in [-0.2, 0) is 17.8 Å². The molecule has 2 rings (SSSR count). The first-order valence-corrected chi connectivity index (χ1v) is 9.11. The van der Waals surface area contributed by atoms with Crippen LogP contribution in [0.2, 0.25) is 0 Å². The Hall–Kier alpha value is -3.08. The number of hydrogen-bond acceptors (Lipinski definition) is 2. The Labute approximate surface area is 161 Å². The molecule has 0 atom stereocenters. The van der Waals surface area contributed by atoms with Gasteiger partial charge in [-0.25, -0.2) is 4.79 Å². The van der Waals surface area contributed by atoms with Crippen LogP contribution in [0.25, 0.3) is 0 Å². The molecule has 2 N–H and O–H groups in total. The number of anilines is 1. The molecule has 0 spiro atoms. The first-order chi connectivity index (χ1) is 13.0. The van der Waals surface area contributed by atoms with Crippen molar-refractivity contribution in [2.45, 2.75) is 26.8 Å². The molecule has 0 aromatic heterocycles. The van der Waals surface area contributed by atoms with E-state index in [0.717, 1.165) is 22.4 Å². The van der Waals surface area contributed by atoms with E-state index in [2.05, 4.69) is 23.3 Å². The number of nitrogens with one attached hydrogen (secondary N) is 2. The minimum atomic E-state index is -0.187. The first-order valence-electron chi connectivity index (χ1n) is 9.11. The molecular weight excluding hydrogens is 338 g/mol. The second kappa shape index (κ2) is 10.2. The van der Waals surface area contributed by atoms with Crippen LogP contribution >= 0.6 is 0 Å². The molecule has 2 aromatic carbocycles. The van der Waals surface area contributed by atoms with Crippen molar-refractivity contribution < 1.29 is 9.59 Å². The van der Waals surface area contributed by atoms with E-state index in [1.54, 1.807) is 11.0 Å². The molecule has 0 heterocycles. The number of benzene rings is 2. The number of carbonyl (C=O) groups excluding carboxylic acids is 2. The molecule has 5 heteroatoms. The molecule has 0 aliphatic heterocycles. The number of likely N-dealkylation sites (N-methyl/N-ethyl adjacent to an activating group) is 1. The fourth-order valence-corrected chi connectivity index (χ4v) is 2.77. The van der Waals surface area contributed by atoms with Crippen molar-refractivity contribution in [3.8, 4) is 0 Å². The molecule has 0 radical (unpaired) electrons. The number of urea groups is 1. The third-order valence-electron chi connectivity index (χ3n) is 4.05. The summed E-state index contributed by atoms with van der Waals surface area (Å²) in [5, 5.41) is 5.62. The Bertz CT molecular complexity index is 784. The molecule has 0 aliphatic rings. The lowest BCUT2D eigenvalue weighted by atomic mass is 10.1. The summed E-state index contributed by atoms with van der Waals surface area (Å²) in [7, 11) is 0. The maximum atomic E-state index is 12.6. The lowest BCUT2D eigenvalue weighted by Crippen LogP contribution is -2.39. The van der Waals surface area contributed by atoms with Crippen LogP contribution in [0.4, 0.5) is 10.5 Å². The van der Waals surface area contributed by atoms with Gasteiger partial charge in [-0.1, -0.05) is 48.0 Å². The summed E-state index contributed by atoms with van der Waals surface area (Å²) in [6, 6.07) is 15.4. The molecular formula is C22H27N3O2. The molecule has 0 fully saturated rings. The number of hydrogen-bond donors (Lipinski definition) is 2. The SMILES string of the molecule is C=CCNC(=O)N(Cc1cccc(C)c1)c1ccc(CC(=O)NCC)cc1. The highest BCUT2D eigenvalue weighted by molar-refractivity contribution is 5.92. The van der Waals surface area contributed by atoms with E-state index in [4.69, 9.17) is 0 Å². The van der Waals surface area contributed by atoms with E-state index < -0.39 is 0 Å². The van der Waals surface area contributed by atoms with E-state index in [9.17, 15) is 9.59 Å². The van der Waals surface area contributed by atoms with Gasteiger partial charge in [0.2, 0.25) is 5.91 Å².